The van der Waals surface area contributed by atoms with Crippen molar-refractivity contribution in [2.45, 2.75) is 12.5 Å². The van der Waals surface area contributed by atoms with E-state index in [2.05, 4.69) is 10.6 Å². The van der Waals surface area contributed by atoms with Gasteiger partial charge in [0.1, 0.15) is 17.5 Å². The molecule has 0 spiro atoms. The van der Waals surface area contributed by atoms with E-state index in [9.17, 15) is 14.4 Å². The van der Waals surface area contributed by atoms with Gasteiger partial charge in [0.25, 0.3) is 5.91 Å². The molecule has 0 bridgehead atoms. The van der Waals surface area contributed by atoms with Crippen LogP contribution in [0.5, 0.6) is 11.5 Å². The lowest BCUT2D eigenvalue weighted by Gasteiger charge is -2.34. The normalized spacial score (nSPS) is 15.9. The molecule has 1 aliphatic heterocycles. The lowest BCUT2D eigenvalue weighted by atomic mass is 10.1. The van der Waals surface area contributed by atoms with Crippen LogP contribution in [0.1, 0.15) is 16.8 Å². The molecule has 3 rings (SSSR count). The van der Waals surface area contributed by atoms with Crippen molar-refractivity contribution in [3.05, 3.63) is 53.1 Å². The zero-order chi connectivity index (χ0) is 21.7. The number of hydrogen-bond acceptors (Lipinski definition) is 5. The Labute approximate surface area is 179 Å². The molecule has 2 aromatic rings. The van der Waals surface area contributed by atoms with Crippen molar-refractivity contribution in [3.63, 3.8) is 0 Å². The van der Waals surface area contributed by atoms with E-state index in [0.717, 1.165) is 0 Å². The number of rotatable bonds is 6. The number of hydrogen-bond donors (Lipinski definition) is 2. The van der Waals surface area contributed by atoms with Gasteiger partial charge in [0.05, 0.1) is 26.3 Å². The van der Waals surface area contributed by atoms with Crippen molar-refractivity contribution in [1.82, 2.24) is 10.2 Å². The van der Waals surface area contributed by atoms with Gasteiger partial charge in [0.15, 0.2) is 0 Å². The zero-order valence-electron chi connectivity index (χ0n) is 16.6. The first kappa shape index (κ1) is 21.4. The second-order valence-corrected chi connectivity index (χ2v) is 7.07. The molecule has 2 aromatic carbocycles. The summed E-state index contributed by atoms with van der Waals surface area (Å²) in [6.45, 7) is 0.621. The fourth-order valence-electron chi connectivity index (χ4n) is 3.21. The van der Waals surface area contributed by atoms with E-state index in [1.807, 2.05) is 0 Å². The van der Waals surface area contributed by atoms with Gasteiger partial charge in [-0.1, -0.05) is 11.6 Å². The monoisotopic (exact) mass is 431 g/mol. The van der Waals surface area contributed by atoms with Crippen LogP contribution in [0.15, 0.2) is 42.5 Å². The number of ether oxygens (including phenoxy) is 2. The summed E-state index contributed by atoms with van der Waals surface area (Å²) < 4.78 is 10.3. The lowest BCUT2D eigenvalue weighted by Crippen LogP contribution is -2.58. The Morgan fingerprint density at radius 3 is 2.57 bits per heavy atom. The van der Waals surface area contributed by atoms with E-state index in [1.54, 1.807) is 42.5 Å². The zero-order valence-corrected chi connectivity index (χ0v) is 17.4. The van der Waals surface area contributed by atoms with Gasteiger partial charge in [-0.15, -0.1) is 0 Å². The minimum Gasteiger partial charge on any atom is -0.497 e. The van der Waals surface area contributed by atoms with Gasteiger partial charge in [-0.25, -0.2) is 0 Å². The summed E-state index contributed by atoms with van der Waals surface area (Å²) in [7, 11) is 3.01. The fourth-order valence-corrected chi connectivity index (χ4v) is 3.39. The minimum absolute atomic E-state index is 0.205. The summed E-state index contributed by atoms with van der Waals surface area (Å²) in [5, 5.41) is 5.84. The third-order valence-corrected chi connectivity index (χ3v) is 4.98. The van der Waals surface area contributed by atoms with Crippen LogP contribution in [0.2, 0.25) is 5.02 Å². The topological polar surface area (TPSA) is 97.0 Å². The smallest absolute Gasteiger partial charge is 0.254 e. The molecule has 2 N–H and O–H groups in total. The maximum absolute atomic E-state index is 13.0. The van der Waals surface area contributed by atoms with Crippen LogP contribution in [0.25, 0.3) is 0 Å². The van der Waals surface area contributed by atoms with Gasteiger partial charge in [-0.05, 0) is 42.5 Å². The van der Waals surface area contributed by atoms with Crippen LogP contribution in [-0.2, 0) is 9.59 Å². The molecule has 1 heterocycles. The molecule has 0 aliphatic carbocycles. The first-order valence-corrected chi connectivity index (χ1v) is 9.67. The number of benzene rings is 2. The highest BCUT2D eigenvalue weighted by atomic mass is 35.5. The van der Waals surface area contributed by atoms with Gasteiger partial charge >= 0.3 is 0 Å². The van der Waals surface area contributed by atoms with E-state index < -0.39 is 11.9 Å². The molecule has 0 unspecified atom stereocenters. The molecule has 1 fully saturated rings. The highest BCUT2D eigenvalue weighted by Crippen LogP contribution is 2.28. The molecule has 0 saturated carbocycles. The van der Waals surface area contributed by atoms with Crippen molar-refractivity contribution in [3.8, 4) is 11.5 Å². The molecule has 0 aromatic heterocycles. The summed E-state index contributed by atoms with van der Waals surface area (Å²) in [5.41, 5.74) is 0.798. The number of carbonyl (C=O) groups is 3. The first-order chi connectivity index (χ1) is 14.4. The summed E-state index contributed by atoms with van der Waals surface area (Å²) in [4.78, 5) is 39.5. The van der Waals surface area contributed by atoms with Crippen molar-refractivity contribution in [2.75, 3.05) is 32.6 Å². The average Bonchev–Trinajstić information content (AvgIpc) is 2.75. The molecule has 158 valence electrons. The van der Waals surface area contributed by atoms with Gasteiger partial charge in [-0.2, -0.15) is 0 Å². The maximum Gasteiger partial charge on any atom is 0.254 e. The Kier molecular flexibility index (Phi) is 6.79. The summed E-state index contributed by atoms with van der Waals surface area (Å²) in [6, 6.07) is 10.5. The standard InChI is InChI=1S/C21H22ClN3O5/c1-29-15-6-3-13(4-7-15)21(28)25-10-9-23-20(27)17(25)12-19(26)24-16-11-14(22)5-8-18(16)30-2/h3-8,11,17H,9-10,12H2,1-2H3,(H,23,27)(H,24,26)/t17-/m1/s1. The second kappa shape index (κ2) is 9.49. The number of nitrogens with zero attached hydrogens (tertiary/aromatic N) is 1. The van der Waals surface area contributed by atoms with Crippen LogP contribution < -0.4 is 20.1 Å². The Hall–Kier alpha value is -3.26. The lowest BCUT2D eigenvalue weighted by molar-refractivity contribution is -0.131. The second-order valence-electron chi connectivity index (χ2n) is 6.63. The molecule has 8 nitrogen and oxygen atoms in total. The first-order valence-electron chi connectivity index (χ1n) is 9.29. The van der Waals surface area contributed by atoms with Crippen LogP contribution in [0.3, 0.4) is 0 Å². The average molecular weight is 432 g/mol. The molecule has 3 amide bonds. The van der Waals surface area contributed by atoms with E-state index in [0.29, 0.717) is 40.9 Å². The van der Waals surface area contributed by atoms with Gasteiger partial charge in [-0.3, -0.25) is 14.4 Å². The van der Waals surface area contributed by atoms with Crippen molar-refractivity contribution >= 4 is 35.0 Å². The molecule has 9 heteroatoms. The number of anilines is 1. The Balaban J connectivity index is 1.76. The van der Waals surface area contributed by atoms with Crippen molar-refractivity contribution in [1.29, 1.82) is 0 Å². The highest BCUT2D eigenvalue weighted by Gasteiger charge is 2.35. The van der Waals surface area contributed by atoms with Gasteiger partial charge in [0, 0.05) is 23.7 Å². The van der Waals surface area contributed by atoms with E-state index in [4.69, 9.17) is 21.1 Å². The van der Waals surface area contributed by atoms with E-state index in [1.165, 1.54) is 19.1 Å². The number of amides is 3. The van der Waals surface area contributed by atoms with Crippen LogP contribution in [0, 0.1) is 0 Å². The molecule has 0 radical (unpaired) electrons. The summed E-state index contributed by atoms with van der Waals surface area (Å²) >= 11 is 5.99. The van der Waals surface area contributed by atoms with Gasteiger partial charge < -0.3 is 25.0 Å². The predicted octanol–water partition coefficient (Wildman–Crippen LogP) is 2.33. The van der Waals surface area contributed by atoms with Crippen LogP contribution in [0.4, 0.5) is 5.69 Å². The third-order valence-electron chi connectivity index (χ3n) is 4.74. The molecule has 1 atom stereocenters. The Morgan fingerprint density at radius 1 is 1.17 bits per heavy atom. The minimum atomic E-state index is -0.932. The number of carbonyl (C=O) groups excluding carboxylic acids is 3. The number of methoxy groups -OCH3 is 2. The third kappa shape index (κ3) is 4.83. The predicted molar refractivity (Wildman–Crippen MR) is 112 cm³/mol. The van der Waals surface area contributed by atoms with E-state index in [-0.39, 0.29) is 18.2 Å². The largest absolute Gasteiger partial charge is 0.497 e. The number of piperazine rings is 1. The number of nitrogens with one attached hydrogen (secondary N) is 2. The van der Waals surface area contributed by atoms with Crippen molar-refractivity contribution in [2.24, 2.45) is 0 Å². The number of halogens is 1. The quantitative estimate of drug-likeness (QED) is 0.731. The highest BCUT2D eigenvalue weighted by molar-refractivity contribution is 6.31. The maximum atomic E-state index is 13.0. The SMILES string of the molecule is COc1ccc(C(=O)N2CCNC(=O)[C@H]2CC(=O)Nc2cc(Cl)ccc2OC)cc1. The molecular weight excluding hydrogens is 410 g/mol. The Bertz CT molecular complexity index is 948. The van der Waals surface area contributed by atoms with E-state index >= 15 is 0 Å². The van der Waals surface area contributed by atoms with Crippen LogP contribution in [-0.4, -0.2) is 56.0 Å². The van der Waals surface area contributed by atoms with Crippen molar-refractivity contribution < 1.29 is 23.9 Å². The molecule has 1 saturated heterocycles. The Morgan fingerprint density at radius 2 is 1.90 bits per heavy atom. The summed E-state index contributed by atoms with van der Waals surface area (Å²) in [5.74, 6) is -0.0894. The van der Waals surface area contributed by atoms with Crippen LogP contribution >= 0.6 is 11.6 Å². The molecule has 1 aliphatic rings. The fraction of sp³-hybridized carbons (Fsp3) is 0.286. The molecule has 30 heavy (non-hydrogen) atoms. The molecular formula is C21H22ClN3O5. The van der Waals surface area contributed by atoms with Gasteiger partial charge in [0.2, 0.25) is 11.8 Å². The summed E-state index contributed by atoms with van der Waals surface area (Å²) in [6.07, 6.45) is -0.205.